The van der Waals surface area contributed by atoms with Crippen molar-refractivity contribution in [2.45, 2.75) is 25.8 Å². The zero-order valence-corrected chi connectivity index (χ0v) is 12.7. The van der Waals surface area contributed by atoms with Crippen LogP contribution in [0.1, 0.15) is 18.9 Å². The summed E-state index contributed by atoms with van der Waals surface area (Å²) in [6, 6.07) is 12.4. The largest absolute Gasteiger partial charge is 0.397 e. The van der Waals surface area contributed by atoms with Gasteiger partial charge in [-0.2, -0.15) is 0 Å². The van der Waals surface area contributed by atoms with Gasteiger partial charge in [-0.05, 0) is 43.5 Å². The third kappa shape index (κ3) is 2.23. The van der Waals surface area contributed by atoms with Gasteiger partial charge in [-0.1, -0.05) is 41.4 Å². The highest BCUT2D eigenvalue weighted by Crippen LogP contribution is 2.42. The molecule has 0 aliphatic carbocycles. The summed E-state index contributed by atoms with van der Waals surface area (Å²) < 4.78 is 0. The highest BCUT2D eigenvalue weighted by molar-refractivity contribution is 6.42. The summed E-state index contributed by atoms with van der Waals surface area (Å²) in [6.45, 7) is 2.21. The standard InChI is InChI=1S/C16H16Cl2N2/c1-10-6-7-11-4-2-3-5-15(11)20(10)16-9-13(18)12(17)8-14(16)19/h2-5,8-10H,6-7,19H2,1H3. The number of aryl methyl sites for hydroxylation is 1. The van der Waals surface area contributed by atoms with Gasteiger partial charge in [-0.3, -0.25) is 0 Å². The lowest BCUT2D eigenvalue weighted by Gasteiger charge is -2.38. The molecule has 0 saturated carbocycles. The lowest BCUT2D eigenvalue weighted by Crippen LogP contribution is -2.33. The van der Waals surface area contributed by atoms with E-state index in [-0.39, 0.29) is 0 Å². The smallest absolute Gasteiger partial charge is 0.0663 e. The zero-order valence-electron chi connectivity index (χ0n) is 11.2. The molecule has 0 spiro atoms. The van der Waals surface area contributed by atoms with Gasteiger partial charge in [0.15, 0.2) is 0 Å². The van der Waals surface area contributed by atoms with Crippen molar-refractivity contribution in [1.82, 2.24) is 0 Å². The van der Waals surface area contributed by atoms with Gasteiger partial charge in [-0.25, -0.2) is 0 Å². The van der Waals surface area contributed by atoms with Crippen molar-refractivity contribution in [3.05, 3.63) is 52.0 Å². The Kier molecular flexibility index (Phi) is 3.53. The summed E-state index contributed by atoms with van der Waals surface area (Å²) in [6.07, 6.45) is 2.19. The predicted octanol–water partition coefficient (Wildman–Crippen LogP) is 5.05. The quantitative estimate of drug-likeness (QED) is 0.747. The van der Waals surface area contributed by atoms with Gasteiger partial charge in [0.1, 0.15) is 0 Å². The predicted molar refractivity (Wildman–Crippen MR) is 87.2 cm³/mol. The molecule has 3 rings (SSSR count). The van der Waals surface area contributed by atoms with E-state index in [4.69, 9.17) is 28.9 Å². The molecule has 1 unspecified atom stereocenters. The number of nitrogens with zero attached hydrogens (tertiary/aromatic N) is 1. The van der Waals surface area contributed by atoms with Gasteiger partial charge in [-0.15, -0.1) is 0 Å². The molecule has 1 aliphatic heterocycles. The molecule has 0 radical (unpaired) electrons. The van der Waals surface area contributed by atoms with E-state index < -0.39 is 0 Å². The summed E-state index contributed by atoms with van der Waals surface area (Å²) in [5, 5.41) is 1.02. The fourth-order valence-electron chi connectivity index (χ4n) is 2.82. The first-order valence-electron chi connectivity index (χ1n) is 6.69. The van der Waals surface area contributed by atoms with Crippen LogP contribution in [0.4, 0.5) is 17.1 Å². The van der Waals surface area contributed by atoms with Crippen LogP contribution in [0.15, 0.2) is 36.4 Å². The Morgan fingerprint density at radius 3 is 2.60 bits per heavy atom. The van der Waals surface area contributed by atoms with E-state index in [1.807, 2.05) is 6.07 Å². The van der Waals surface area contributed by atoms with Gasteiger partial charge >= 0.3 is 0 Å². The normalized spacial score (nSPS) is 17.9. The lowest BCUT2D eigenvalue weighted by molar-refractivity contribution is 0.618. The fraction of sp³-hybridized carbons (Fsp3) is 0.250. The monoisotopic (exact) mass is 306 g/mol. The molecular weight excluding hydrogens is 291 g/mol. The zero-order chi connectivity index (χ0) is 14.3. The third-order valence-corrected chi connectivity index (χ3v) is 4.57. The number of fused-ring (bicyclic) bond motifs is 1. The van der Waals surface area contributed by atoms with E-state index in [0.29, 0.717) is 21.8 Å². The van der Waals surface area contributed by atoms with Crippen LogP contribution >= 0.6 is 23.2 Å². The van der Waals surface area contributed by atoms with E-state index in [1.165, 1.54) is 11.3 Å². The second-order valence-electron chi connectivity index (χ2n) is 5.21. The van der Waals surface area contributed by atoms with Gasteiger partial charge in [0.2, 0.25) is 0 Å². The molecule has 1 atom stereocenters. The fourth-order valence-corrected chi connectivity index (χ4v) is 3.15. The van der Waals surface area contributed by atoms with Crippen molar-refractivity contribution < 1.29 is 0 Å². The number of halogens is 2. The number of anilines is 3. The Hall–Kier alpha value is -1.38. The number of hydrogen-bond acceptors (Lipinski definition) is 2. The van der Waals surface area contributed by atoms with Crippen molar-refractivity contribution in [2.24, 2.45) is 0 Å². The van der Waals surface area contributed by atoms with Gasteiger partial charge in [0.25, 0.3) is 0 Å². The molecule has 20 heavy (non-hydrogen) atoms. The maximum atomic E-state index is 6.17. The number of benzene rings is 2. The van der Waals surface area contributed by atoms with Crippen LogP contribution in [0.25, 0.3) is 0 Å². The first-order valence-corrected chi connectivity index (χ1v) is 7.45. The molecule has 2 aromatic carbocycles. The Morgan fingerprint density at radius 2 is 1.80 bits per heavy atom. The maximum Gasteiger partial charge on any atom is 0.0663 e. The first kappa shape index (κ1) is 13.6. The molecule has 1 aliphatic rings. The second-order valence-corrected chi connectivity index (χ2v) is 6.03. The minimum atomic E-state index is 0.379. The van der Waals surface area contributed by atoms with Crippen molar-refractivity contribution >= 4 is 40.3 Å². The van der Waals surface area contributed by atoms with Crippen LogP contribution in [-0.4, -0.2) is 6.04 Å². The summed E-state index contributed by atoms with van der Waals surface area (Å²) in [7, 11) is 0. The van der Waals surface area contributed by atoms with Crippen LogP contribution in [-0.2, 0) is 6.42 Å². The molecule has 0 aromatic heterocycles. The Bertz CT molecular complexity index is 655. The highest BCUT2D eigenvalue weighted by atomic mass is 35.5. The number of rotatable bonds is 1. The molecule has 4 heteroatoms. The Morgan fingerprint density at radius 1 is 1.10 bits per heavy atom. The number of nitrogens with two attached hydrogens (primary N) is 1. The van der Waals surface area contributed by atoms with Gasteiger partial charge in [0.05, 0.1) is 21.4 Å². The van der Waals surface area contributed by atoms with Crippen LogP contribution in [0, 0.1) is 0 Å². The molecule has 2 aromatic rings. The van der Waals surface area contributed by atoms with Crippen LogP contribution in [0.3, 0.4) is 0 Å². The lowest BCUT2D eigenvalue weighted by atomic mass is 9.95. The van der Waals surface area contributed by atoms with Crippen molar-refractivity contribution in [2.75, 3.05) is 10.6 Å². The average molecular weight is 307 g/mol. The van der Waals surface area contributed by atoms with E-state index >= 15 is 0 Å². The van der Waals surface area contributed by atoms with Crippen LogP contribution in [0.5, 0.6) is 0 Å². The van der Waals surface area contributed by atoms with Crippen LogP contribution < -0.4 is 10.6 Å². The van der Waals surface area contributed by atoms with Crippen LogP contribution in [0.2, 0.25) is 10.0 Å². The molecule has 0 fully saturated rings. The van der Waals surface area contributed by atoms with E-state index in [1.54, 1.807) is 6.07 Å². The van der Waals surface area contributed by atoms with E-state index in [0.717, 1.165) is 18.5 Å². The summed E-state index contributed by atoms with van der Waals surface area (Å²) >= 11 is 12.2. The molecule has 104 valence electrons. The van der Waals surface area contributed by atoms with E-state index in [9.17, 15) is 0 Å². The third-order valence-electron chi connectivity index (χ3n) is 3.85. The van der Waals surface area contributed by atoms with Gasteiger partial charge in [0, 0.05) is 11.7 Å². The minimum Gasteiger partial charge on any atom is -0.397 e. The molecule has 0 bridgehead atoms. The topological polar surface area (TPSA) is 29.3 Å². The SMILES string of the molecule is CC1CCc2ccccc2N1c1cc(Cl)c(Cl)cc1N. The van der Waals surface area contributed by atoms with Gasteiger partial charge < -0.3 is 10.6 Å². The van der Waals surface area contributed by atoms with Crippen molar-refractivity contribution in [3.63, 3.8) is 0 Å². The van der Waals surface area contributed by atoms with Crippen molar-refractivity contribution in [3.8, 4) is 0 Å². The molecule has 1 heterocycles. The number of hydrogen-bond donors (Lipinski definition) is 1. The molecule has 0 amide bonds. The average Bonchev–Trinajstić information content (AvgIpc) is 2.43. The Balaban J connectivity index is 2.16. The molecule has 0 saturated heterocycles. The molecular formula is C16H16Cl2N2. The summed E-state index contributed by atoms with van der Waals surface area (Å²) in [5.41, 5.74) is 10.3. The maximum absolute atomic E-state index is 6.17. The number of para-hydroxylation sites is 1. The summed E-state index contributed by atoms with van der Waals surface area (Å²) in [4.78, 5) is 2.26. The number of nitrogen functional groups attached to an aromatic ring is 1. The minimum absolute atomic E-state index is 0.379. The second kappa shape index (κ2) is 5.19. The highest BCUT2D eigenvalue weighted by Gasteiger charge is 2.25. The van der Waals surface area contributed by atoms with Crippen molar-refractivity contribution in [1.29, 1.82) is 0 Å². The Labute approximate surface area is 129 Å². The molecule has 2 N–H and O–H groups in total. The van der Waals surface area contributed by atoms with E-state index in [2.05, 4.69) is 36.1 Å². The summed E-state index contributed by atoms with van der Waals surface area (Å²) in [5.74, 6) is 0. The molecule has 2 nitrogen and oxygen atoms in total. The first-order chi connectivity index (χ1) is 9.58.